The monoisotopic (exact) mass is 385 g/mol. The molecule has 0 bridgehead atoms. The Labute approximate surface area is 158 Å². The van der Waals surface area contributed by atoms with Crippen LogP contribution in [0.4, 0.5) is 0 Å². The summed E-state index contributed by atoms with van der Waals surface area (Å²) in [4.78, 5) is 23.4. The van der Waals surface area contributed by atoms with Gasteiger partial charge in [0.15, 0.2) is 9.74 Å². The van der Waals surface area contributed by atoms with Gasteiger partial charge in [-0.05, 0) is 35.5 Å². The largest absolute Gasteiger partial charge is 0.493 e. The third-order valence-corrected chi connectivity index (χ3v) is 5.29. The lowest BCUT2D eigenvalue weighted by Crippen LogP contribution is -2.04. The highest BCUT2D eigenvalue weighted by Gasteiger charge is 2.15. The zero-order valence-electron chi connectivity index (χ0n) is 13.6. The van der Waals surface area contributed by atoms with E-state index in [2.05, 4.69) is 0 Å². The van der Waals surface area contributed by atoms with Gasteiger partial charge in [0.25, 0.3) is 0 Å². The Morgan fingerprint density at radius 2 is 2.04 bits per heavy atom. The number of benzene rings is 1. The van der Waals surface area contributed by atoms with Gasteiger partial charge >= 0.3 is 5.97 Å². The molecule has 1 aromatic heterocycles. The molecule has 0 saturated heterocycles. The SMILES string of the molecule is O=C(O)CCn1c(O)c(C=CC=C2C(=O)C=Cc3ccccc32)sc1=S. The summed E-state index contributed by atoms with van der Waals surface area (Å²) < 4.78 is 1.79. The van der Waals surface area contributed by atoms with Crippen molar-refractivity contribution in [3.63, 3.8) is 0 Å². The van der Waals surface area contributed by atoms with Crippen LogP contribution < -0.4 is 0 Å². The molecule has 132 valence electrons. The van der Waals surface area contributed by atoms with E-state index in [-0.39, 0.29) is 24.6 Å². The molecule has 1 aromatic carbocycles. The molecule has 0 atom stereocenters. The lowest BCUT2D eigenvalue weighted by molar-refractivity contribution is -0.137. The Hall–Kier alpha value is -2.77. The van der Waals surface area contributed by atoms with Gasteiger partial charge in [0.05, 0.1) is 11.3 Å². The molecule has 5 nitrogen and oxygen atoms in total. The quantitative estimate of drug-likeness (QED) is 0.597. The number of aliphatic carboxylic acids is 1. The van der Waals surface area contributed by atoms with Gasteiger partial charge in [0.2, 0.25) is 5.88 Å². The molecule has 2 aromatic rings. The molecule has 0 amide bonds. The second-order valence-corrected chi connectivity index (χ2v) is 7.25. The van der Waals surface area contributed by atoms with Crippen molar-refractivity contribution in [3.8, 4) is 5.88 Å². The molecule has 0 aliphatic heterocycles. The van der Waals surface area contributed by atoms with Crippen LogP contribution in [0.2, 0.25) is 0 Å². The van der Waals surface area contributed by atoms with Crippen LogP contribution in [0.25, 0.3) is 17.7 Å². The van der Waals surface area contributed by atoms with Crippen molar-refractivity contribution in [2.45, 2.75) is 13.0 Å². The van der Waals surface area contributed by atoms with E-state index in [1.54, 1.807) is 24.3 Å². The van der Waals surface area contributed by atoms with Gasteiger partial charge in [0.1, 0.15) is 0 Å². The normalized spacial score (nSPS) is 14.9. The first-order chi connectivity index (χ1) is 12.5. The Morgan fingerprint density at radius 3 is 2.81 bits per heavy atom. The summed E-state index contributed by atoms with van der Waals surface area (Å²) in [7, 11) is 0. The molecule has 1 heterocycles. The Kier molecular flexibility index (Phi) is 5.29. The van der Waals surface area contributed by atoms with Gasteiger partial charge < -0.3 is 10.2 Å². The number of allylic oxidation sites excluding steroid dienone is 4. The molecule has 0 radical (unpaired) electrons. The number of carbonyl (C=O) groups is 2. The smallest absolute Gasteiger partial charge is 0.305 e. The van der Waals surface area contributed by atoms with Crippen LogP contribution in [0, 0.1) is 3.95 Å². The topological polar surface area (TPSA) is 79.5 Å². The number of aromatic nitrogens is 1. The van der Waals surface area contributed by atoms with E-state index in [4.69, 9.17) is 17.3 Å². The fourth-order valence-electron chi connectivity index (χ4n) is 2.61. The maximum absolute atomic E-state index is 12.2. The fourth-order valence-corrected chi connectivity index (χ4v) is 3.88. The minimum atomic E-state index is -0.957. The second kappa shape index (κ2) is 7.63. The summed E-state index contributed by atoms with van der Waals surface area (Å²) in [6.07, 6.45) is 8.25. The lowest BCUT2D eigenvalue weighted by Gasteiger charge is -2.12. The first-order valence-corrected chi connectivity index (χ1v) is 9.04. The number of thiazole rings is 1. The van der Waals surface area contributed by atoms with Gasteiger partial charge in [0, 0.05) is 12.1 Å². The number of aromatic hydroxyl groups is 1. The van der Waals surface area contributed by atoms with Crippen molar-refractivity contribution in [1.29, 1.82) is 0 Å². The van der Waals surface area contributed by atoms with Gasteiger partial charge in [-0.25, -0.2) is 0 Å². The highest BCUT2D eigenvalue weighted by molar-refractivity contribution is 7.73. The number of nitrogens with zero attached hydrogens (tertiary/aromatic N) is 1. The van der Waals surface area contributed by atoms with E-state index in [0.29, 0.717) is 14.4 Å². The van der Waals surface area contributed by atoms with Crippen molar-refractivity contribution in [1.82, 2.24) is 4.57 Å². The van der Waals surface area contributed by atoms with Crippen LogP contribution in [0.15, 0.2) is 42.5 Å². The van der Waals surface area contributed by atoms with Gasteiger partial charge in [-0.1, -0.05) is 42.5 Å². The Balaban J connectivity index is 1.87. The number of hydrogen-bond donors (Lipinski definition) is 2. The van der Waals surface area contributed by atoms with Crippen molar-refractivity contribution in [3.05, 3.63) is 62.5 Å². The van der Waals surface area contributed by atoms with Crippen LogP contribution in [-0.4, -0.2) is 26.5 Å². The van der Waals surface area contributed by atoms with Gasteiger partial charge in [-0.3, -0.25) is 14.2 Å². The predicted octanol–water partition coefficient (Wildman–Crippen LogP) is 4.15. The summed E-state index contributed by atoms with van der Waals surface area (Å²) >= 11 is 6.36. The molecule has 0 unspecified atom stereocenters. The third kappa shape index (κ3) is 3.74. The van der Waals surface area contributed by atoms with E-state index >= 15 is 0 Å². The molecule has 26 heavy (non-hydrogen) atoms. The number of rotatable bonds is 5. The highest BCUT2D eigenvalue weighted by atomic mass is 32.1. The number of carboxylic acids is 1. The fraction of sp³-hybridized carbons (Fsp3) is 0.105. The molecule has 0 saturated carbocycles. The van der Waals surface area contributed by atoms with Crippen LogP contribution in [0.5, 0.6) is 5.88 Å². The Morgan fingerprint density at radius 1 is 1.27 bits per heavy atom. The zero-order chi connectivity index (χ0) is 18.7. The van der Waals surface area contributed by atoms with Crippen LogP contribution in [0.3, 0.4) is 0 Å². The number of ketones is 1. The molecule has 1 aliphatic rings. The number of carboxylic acid groups (broad SMARTS) is 1. The van der Waals surface area contributed by atoms with Crippen LogP contribution in [-0.2, 0) is 16.1 Å². The molecule has 2 N–H and O–H groups in total. The molecule has 7 heteroatoms. The number of hydrogen-bond acceptors (Lipinski definition) is 5. The summed E-state index contributed by atoms with van der Waals surface area (Å²) in [6, 6.07) is 7.62. The molecular formula is C19H15NO4S2. The van der Waals surface area contributed by atoms with Gasteiger partial charge in [-0.2, -0.15) is 0 Å². The minimum absolute atomic E-state index is 0.0637. The molecule has 0 fully saturated rings. The van der Waals surface area contributed by atoms with E-state index in [9.17, 15) is 14.7 Å². The minimum Gasteiger partial charge on any atom is -0.493 e. The maximum Gasteiger partial charge on any atom is 0.305 e. The average Bonchev–Trinajstić information content (AvgIpc) is 2.88. The molecular weight excluding hydrogens is 370 g/mol. The van der Waals surface area contributed by atoms with Crippen LogP contribution >= 0.6 is 23.6 Å². The average molecular weight is 385 g/mol. The molecule has 1 aliphatic carbocycles. The standard InChI is InChI=1S/C19H15NO4S2/c21-15-9-8-12-4-1-2-5-13(12)14(15)6-3-7-16-18(24)20(19(25)26-16)11-10-17(22)23/h1-9,24H,10-11H2,(H,22,23). The van der Waals surface area contributed by atoms with Crippen LogP contribution in [0.1, 0.15) is 22.4 Å². The molecule has 3 rings (SSSR count). The van der Waals surface area contributed by atoms with E-state index in [1.807, 2.05) is 24.3 Å². The van der Waals surface area contributed by atoms with Gasteiger partial charge in [-0.15, -0.1) is 11.3 Å². The maximum atomic E-state index is 12.2. The van der Waals surface area contributed by atoms with Crippen molar-refractivity contribution in [2.75, 3.05) is 0 Å². The van der Waals surface area contributed by atoms with Crippen molar-refractivity contribution >= 4 is 53.0 Å². The highest BCUT2D eigenvalue weighted by Crippen LogP contribution is 2.29. The summed E-state index contributed by atoms with van der Waals surface area (Å²) in [5, 5.41) is 19.0. The zero-order valence-corrected chi connectivity index (χ0v) is 15.2. The molecule has 0 spiro atoms. The summed E-state index contributed by atoms with van der Waals surface area (Å²) in [5.41, 5.74) is 2.42. The van der Waals surface area contributed by atoms with E-state index < -0.39 is 5.97 Å². The number of fused-ring (bicyclic) bond motifs is 1. The first-order valence-electron chi connectivity index (χ1n) is 7.82. The third-order valence-electron chi connectivity index (χ3n) is 3.88. The number of carbonyl (C=O) groups excluding carboxylic acids is 1. The summed E-state index contributed by atoms with van der Waals surface area (Å²) in [6.45, 7) is 0.113. The van der Waals surface area contributed by atoms with Crippen molar-refractivity contribution < 1.29 is 19.8 Å². The van der Waals surface area contributed by atoms with Crippen molar-refractivity contribution in [2.24, 2.45) is 0 Å². The second-order valence-electron chi connectivity index (χ2n) is 5.58. The Bertz CT molecular complexity index is 1020. The van der Waals surface area contributed by atoms with E-state index in [0.717, 1.165) is 11.1 Å². The summed E-state index contributed by atoms with van der Waals surface area (Å²) in [5.74, 6) is -1.10. The lowest BCUT2D eigenvalue weighted by atomic mass is 9.91. The predicted molar refractivity (Wildman–Crippen MR) is 105 cm³/mol. The van der Waals surface area contributed by atoms with E-state index in [1.165, 1.54) is 22.0 Å². The first kappa shape index (κ1) is 18.0.